The molecule has 6 nitrogen and oxygen atoms in total. The Morgan fingerprint density at radius 1 is 1.43 bits per heavy atom. The van der Waals surface area contributed by atoms with Crippen molar-refractivity contribution in [3.8, 4) is 0 Å². The van der Waals surface area contributed by atoms with Crippen LogP contribution in [-0.2, 0) is 16.0 Å². The number of carbonyl (C=O) groups excluding carboxylic acids is 1. The number of hydrogen-bond acceptors (Lipinski definition) is 5. The normalized spacial score (nSPS) is 22.7. The molecule has 0 bridgehead atoms. The van der Waals surface area contributed by atoms with Crippen LogP contribution in [-0.4, -0.2) is 57.5 Å². The molecule has 1 saturated carbocycles. The fourth-order valence-corrected chi connectivity index (χ4v) is 4.08. The van der Waals surface area contributed by atoms with Gasteiger partial charge in [0.25, 0.3) is 0 Å². The van der Waals surface area contributed by atoms with E-state index in [0.29, 0.717) is 30.6 Å². The van der Waals surface area contributed by atoms with Gasteiger partial charge in [0.2, 0.25) is 11.1 Å². The number of carbonyl (C=O) groups is 1. The molecule has 1 aromatic rings. The van der Waals surface area contributed by atoms with Crippen LogP contribution in [0, 0.1) is 5.92 Å². The first kappa shape index (κ1) is 16.8. The maximum absolute atomic E-state index is 12.2. The number of nitrogens with one attached hydrogen (secondary N) is 1. The molecular weight excluding hydrogens is 312 g/mol. The summed E-state index contributed by atoms with van der Waals surface area (Å²) in [7, 11) is 0. The number of aryl methyl sites for hydroxylation is 1. The third kappa shape index (κ3) is 4.94. The van der Waals surface area contributed by atoms with Crippen molar-refractivity contribution in [2.24, 2.45) is 5.92 Å². The van der Waals surface area contributed by atoms with Crippen molar-refractivity contribution in [3.63, 3.8) is 0 Å². The number of morpholine rings is 1. The number of thioether (sulfide) groups is 1. The number of ether oxygens (including phenoxy) is 1. The molecule has 3 rings (SSSR count). The molecule has 128 valence electrons. The highest BCUT2D eigenvalue weighted by molar-refractivity contribution is 7.99. The second-order valence-electron chi connectivity index (χ2n) is 6.56. The number of H-pyrrole nitrogens is 1. The second-order valence-corrected chi connectivity index (χ2v) is 7.51. The topological polar surface area (TPSA) is 71.1 Å². The van der Waals surface area contributed by atoms with Gasteiger partial charge in [0.05, 0.1) is 18.5 Å². The first-order valence-electron chi connectivity index (χ1n) is 8.64. The molecule has 23 heavy (non-hydrogen) atoms. The first-order valence-corrected chi connectivity index (χ1v) is 9.62. The van der Waals surface area contributed by atoms with Crippen molar-refractivity contribution in [2.75, 3.05) is 25.4 Å². The lowest BCUT2D eigenvalue weighted by Crippen LogP contribution is -2.45. The average molecular weight is 338 g/mol. The van der Waals surface area contributed by atoms with E-state index in [1.54, 1.807) is 0 Å². The standard InChI is InChI=1S/C16H26N4O2S/c1-12-10-20(8-9-22-12)15(21)11-23-16-17-14(18-19-16)7-6-13-4-2-3-5-13/h12-13H,2-11H2,1H3,(H,17,18,19)/t12-/m0/s1. The van der Waals surface area contributed by atoms with E-state index in [2.05, 4.69) is 15.2 Å². The van der Waals surface area contributed by atoms with E-state index in [1.165, 1.54) is 43.9 Å². The highest BCUT2D eigenvalue weighted by Gasteiger charge is 2.22. The predicted octanol–water partition coefficient (Wildman–Crippen LogP) is 2.27. The second kappa shape index (κ2) is 8.15. The Hall–Kier alpha value is -1.08. The molecule has 1 aliphatic heterocycles. The van der Waals surface area contributed by atoms with Gasteiger partial charge in [-0.05, 0) is 19.3 Å². The van der Waals surface area contributed by atoms with Gasteiger partial charge in [-0.15, -0.1) is 5.10 Å². The predicted molar refractivity (Wildman–Crippen MR) is 89.4 cm³/mol. The Balaban J connectivity index is 1.40. The Kier molecular flexibility index (Phi) is 5.94. The van der Waals surface area contributed by atoms with Crippen LogP contribution in [0.15, 0.2) is 5.16 Å². The van der Waals surface area contributed by atoms with E-state index in [-0.39, 0.29) is 12.0 Å². The van der Waals surface area contributed by atoms with Crippen molar-refractivity contribution in [1.82, 2.24) is 20.1 Å². The van der Waals surface area contributed by atoms with E-state index in [1.807, 2.05) is 11.8 Å². The summed E-state index contributed by atoms with van der Waals surface area (Å²) in [4.78, 5) is 18.6. The van der Waals surface area contributed by atoms with Crippen molar-refractivity contribution < 1.29 is 9.53 Å². The van der Waals surface area contributed by atoms with Gasteiger partial charge in [-0.3, -0.25) is 9.89 Å². The molecule has 2 heterocycles. The zero-order chi connectivity index (χ0) is 16.1. The van der Waals surface area contributed by atoms with Crippen molar-refractivity contribution in [3.05, 3.63) is 5.82 Å². The van der Waals surface area contributed by atoms with Crippen LogP contribution in [0.2, 0.25) is 0 Å². The van der Waals surface area contributed by atoms with E-state index in [0.717, 1.165) is 18.2 Å². The number of aromatic amines is 1. The van der Waals surface area contributed by atoms with Crippen molar-refractivity contribution in [2.45, 2.75) is 56.7 Å². The van der Waals surface area contributed by atoms with Crippen LogP contribution in [0.25, 0.3) is 0 Å². The van der Waals surface area contributed by atoms with Crippen LogP contribution in [0.4, 0.5) is 0 Å². The highest BCUT2D eigenvalue weighted by atomic mass is 32.2. The summed E-state index contributed by atoms with van der Waals surface area (Å²) in [5, 5.41) is 7.92. The number of nitrogens with zero attached hydrogens (tertiary/aromatic N) is 3. The molecule has 1 amide bonds. The lowest BCUT2D eigenvalue weighted by molar-refractivity contribution is -0.135. The highest BCUT2D eigenvalue weighted by Crippen LogP contribution is 2.28. The number of aromatic nitrogens is 3. The van der Waals surface area contributed by atoms with Gasteiger partial charge in [0.1, 0.15) is 5.82 Å². The van der Waals surface area contributed by atoms with Crippen LogP contribution in [0.3, 0.4) is 0 Å². The van der Waals surface area contributed by atoms with Crippen LogP contribution < -0.4 is 0 Å². The van der Waals surface area contributed by atoms with Gasteiger partial charge < -0.3 is 9.64 Å². The van der Waals surface area contributed by atoms with E-state index in [4.69, 9.17) is 4.74 Å². The van der Waals surface area contributed by atoms with Crippen LogP contribution in [0.1, 0.15) is 44.9 Å². The number of amides is 1. The van der Waals surface area contributed by atoms with E-state index in [9.17, 15) is 4.79 Å². The summed E-state index contributed by atoms with van der Waals surface area (Å²) < 4.78 is 5.46. The fourth-order valence-electron chi connectivity index (χ4n) is 3.36. The smallest absolute Gasteiger partial charge is 0.233 e. The average Bonchev–Trinajstić information content (AvgIpc) is 3.22. The minimum atomic E-state index is 0.128. The van der Waals surface area contributed by atoms with Crippen molar-refractivity contribution >= 4 is 17.7 Å². The zero-order valence-corrected chi connectivity index (χ0v) is 14.6. The Morgan fingerprint density at radius 3 is 3.04 bits per heavy atom. The minimum Gasteiger partial charge on any atom is -0.375 e. The Morgan fingerprint density at radius 2 is 2.26 bits per heavy atom. The molecule has 0 unspecified atom stereocenters. The van der Waals surface area contributed by atoms with Crippen LogP contribution in [0.5, 0.6) is 0 Å². The third-order valence-electron chi connectivity index (χ3n) is 4.69. The molecule has 0 radical (unpaired) electrons. The Labute approximate surface area is 141 Å². The molecule has 0 aromatic carbocycles. The first-order chi connectivity index (χ1) is 11.2. The van der Waals surface area contributed by atoms with Crippen molar-refractivity contribution in [1.29, 1.82) is 0 Å². The van der Waals surface area contributed by atoms with Gasteiger partial charge in [0.15, 0.2) is 0 Å². The van der Waals surface area contributed by atoms with E-state index < -0.39 is 0 Å². The number of rotatable bonds is 6. The quantitative estimate of drug-likeness (QED) is 0.806. The van der Waals surface area contributed by atoms with Crippen LogP contribution >= 0.6 is 11.8 Å². The number of hydrogen-bond donors (Lipinski definition) is 1. The summed E-state index contributed by atoms with van der Waals surface area (Å²) in [6, 6.07) is 0. The zero-order valence-electron chi connectivity index (χ0n) is 13.8. The third-order valence-corrected chi connectivity index (χ3v) is 5.53. The van der Waals surface area contributed by atoms with Gasteiger partial charge in [0, 0.05) is 19.5 Å². The summed E-state index contributed by atoms with van der Waals surface area (Å²) in [6.45, 7) is 3.99. The fraction of sp³-hybridized carbons (Fsp3) is 0.812. The lowest BCUT2D eigenvalue weighted by Gasteiger charge is -2.31. The maximum atomic E-state index is 12.2. The van der Waals surface area contributed by atoms with Gasteiger partial charge >= 0.3 is 0 Å². The summed E-state index contributed by atoms with van der Waals surface area (Å²) >= 11 is 1.42. The molecule has 0 spiro atoms. The maximum Gasteiger partial charge on any atom is 0.233 e. The molecule has 1 aliphatic carbocycles. The largest absolute Gasteiger partial charge is 0.375 e. The molecule has 7 heteroatoms. The van der Waals surface area contributed by atoms with Gasteiger partial charge in [-0.25, -0.2) is 4.98 Å². The molecular formula is C16H26N4O2S. The molecule has 1 atom stereocenters. The summed E-state index contributed by atoms with van der Waals surface area (Å²) in [6.07, 6.45) is 7.78. The monoisotopic (exact) mass is 338 g/mol. The minimum absolute atomic E-state index is 0.128. The van der Waals surface area contributed by atoms with Gasteiger partial charge in [-0.2, -0.15) is 0 Å². The molecule has 1 N–H and O–H groups in total. The van der Waals surface area contributed by atoms with E-state index >= 15 is 0 Å². The summed E-state index contributed by atoms with van der Waals surface area (Å²) in [5.41, 5.74) is 0. The molecule has 1 aromatic heterocycles. The van der Waals surface area contributed by atoms with Gasteiger partial charge in [-0.1, -0.05) is 37.4 Å². The lowest BCUT2D eigenvalue weighted by atomic mass is 10.0. The Bertz CT molecular complexity index is 516. The molecule has 1 saturated heterocycles. The summed E-state index contributed by atoms with van der Waals surface area (Å²) in [5.74, 6) is 2.35. The molecule has 2 fully saturated rings. The molecule has 2 aliphatic rings. The SMILES string of the molecule is C[C@H]1CN(C(=O)CSc2n[nH]c(CCC3CCCC3)n2)CCO1.